The van der Waals surface area contributed by atoms with E-state index in [-0.39, 0.29) is 24.3 Å². The van der Waals surface area contributed by atoms with Gasteiger partial charge in [-0.25, -0.2) is 5.48 Å². The van der Waals surface area contributed by atoms with Gasteiger partial charge in [0, 0.05) is 23.9 Å². The van der Waals surface area contributed by atoms with Gasteiger partial charge in [-0.1, -0.05) is 12.8 Å². The smallest absolute Gasteiger partial charge is 0.252 e. The predicted octanol–water partition coefficient (Wildman–Crippen LogP) is 1.86. The van der Waals surface area contributed by atoms with Gasteiger partial charge in [0.05, 0.1) is 6.10 Å². The Hall–Kier alpha value is -1.40. The molecule has 0 atom stereocenters. The average molecular weight is 282 g/mol. The van der Waals surface area contributed by atoms with Crippen molar-refractivity contribution < 1.29 is 14.4 Å². The van der Waals surface area contributed by atoms with Crippen LogP contribution in [0.4, 0.5) is 0 Å². The SMILES string of the molecule is O=C(CCNC(=O)c1ccsc1)NOC1CCCC1. The van der Waals surface area contributed by atoms with Crippen LogP contribution >= 0.6 is 11.3 Å². The lowest BCUT2D eigenvalue weighted by molar-refractivity contribution is -0.138. The second-order valence-corrected chi connectivity index (χ2v) is 5.35. The van der Waals surface area contributed by atoms with Crippen LogP contribution in [0.1, 0.15) is 42.5 Å². The Morgan fingerprint density at radius 3 is 2.84 bits per heavy atom. The van der Waals surface area contributed by atoms with E-state index in [1.807, 2.05) is 5.38 Å². The van der Waals surface area contributed by atoms with Crippen LogP contribution < -0.4 is 10.8 Å². The maximum Gasteiger partial charge on any atom is 0.252 e. The summed E-state index contributed by atoms with van der Waals surface area (Å²) < 4.78 is 0. The molecule has 1 saturated carbocycles. The number of rotatable bonds is 6. The van der Waals surface area contributed by atoms with Crippen molar-refractivity contribution >= 4 is 23.2 Å². The fourth-order valence-electron chi connectivity index (χ4n) is 1.99. The number of carbonyl (C=O) groups is 2. The molecule has 0 aliphatic heterocycles. The van der Waals surface area contributed by atoms with Gasteiger partial charge >= 0.3 is 0 Å². The summed E-state index contributed by atoms with van der Waals surface area (Å²) in [6, 6.07) is 1.75. The van der Waals surface area contributed by atoms with E-state index in [9.17, 15) is 9.59 Å². The van der Waals surface area contributed by atoms with Gasteiger partial charge in [0.2, 0.25) is 5.91 Å². The van der Waals surface area contributed by atoms with Gasteiger partial charge in [-0.05, 0) is 24.3 Å². The molecule has 1 heterocycles. The van der Waals surface area contributed by atoms with Crippen molar-refractivity contribution in [2.45, 2.75) is 38.2 Å². The fourth-order valence-corrected chi connectivity index (χ4v) is 2.63. The maximum atomic E-state index is 11.6. The highest BCUT2D eigenvalue weighted by Gasteiger charge is 2.16. The van der Waals surface area contributed by atoms with E-state index < -0.39 is 0 Å². The summed E-state index contributed by atoms with van der Waals surface area (Å²) in [5, 5.41) is 6.32. The monoisotopic (exact) mass is 282 g/mol. The first-order valence-corrected chi connectivity index (χ1v) is 7.45. The molecule has 1 aromatic rings. The number of hydrogen-bond donors (Lipinski definition) is 2. The van der Waals surface area contributed by atoms with E-state index in [4.69, 9.17) is 4.84 Å². The van der Waals surface area contributed by atoms with Crippen molar-refractivity contribution in [2.75, 3.05) is 6.54 Å². The molecule has 0 spiro atoms. The summed E-state index contributed by atoms with van der Waals surface area (Å²) in [5.74, 6) is -0.344. The van der Waals surface area contributed by atoms with Gasteiger partial charge < -0.3 is 5.32 Å². The number of thiophene rings is 1. The van der Waals surface area contributed by atoms with Gasteiger partial charge in [0.25, 0.3) is 5.91 Å². The average Bonchev–Trinajstić information content (AvgIpc) is 3.09. The number of nitrogens with one attached hydrogen (secondary N) is 2. The molecular weight excluding hydrogens is 264 g/mol. The van der Waals surface area contributed by atoms with Crippen LogP contribution in [0.25, 0.3) is 0 Å². The molecule has 0 bridgehead atoms. The predicted molar refractivity (Wildman–Crippen MR) is 72.8 cm³/mol. The molecule has 19 heavy (non-hydrogen) atoms. The summed E-state index contributed by atoms with van der Waals surface area (Å²) in [6.45, 7) is 0.314. The zero-order chi connectivity index (χ0) is 13.5. The topological polar surface area (TPSA) is 67.4 Å². The van der Waals surface area contributed by atoms with Crippen molar-refractivity contribution in [1.82, 2.24) is 10.8 Å². The molecule has 1 aliphatic carbocycles. The number of hydroxylamine groups is 1. The molecule has 2 N–H and O–H groups in total. The Kier molecular flexibility index (Phi) is 5.35. The van der Waals surface area contributed by atoms with E-state index in [1.165, 1.54) is 11.3 Å². The molecule has 5 nitrogen and oxygen atoms in total. The third-order valence-electron chi connectivity index (χ3n) is 3.06. The summed E-state index contributed by atoms with van der Waals surface area (Å²) >= 11 is 1.47. The Balaban J connectivity index is 1.57. The molecule has 0 unspecified atom stereocenters. The summed E-state index contributed by atoms with van der Waals surface area (Å²) in [7, 11) is 0. The summed E-state index contributed by atoms with van der Waals surface area (Å²) in [5.41, 5.74) is 3.08. The zero-order valence-electron chi connectivity index (χ0n) is 10.7. The Morgan fingerprint density at radius 2 is 2.16 bits per heavy atom. The number of amides is 2. The first kappa shape index (κ1) is 14.0. The quantitative estimate of drug-likeness (QED) is 0.783. The van der Waals surface area contributed by atoms with Gasteiger partial charge in [0.15, 0.2) is 0 Å². The maximum absolute atomic E-state index is 11.6. The number of hydrogen-bond acceptors (Lipinski definition) is 4. The lowest BCUT2D eigenvalue weighted by Gasteiger charge is -2.11. The highest BCUT2D eigenvalue weighted by molar-refractivity contribution is 7.08. The summed E-state index contributed by atoms with van der Waals surface area (Å²) in [4.78, 5) is 28.4. The first-order valence-electron chi connectivity index (χ1n) is 6.50. The van der Waals surface area contributed by atoms with Crippen molar-refractivity contribution in [3.63, 3.8) is 0 Å². The molecule has 104 valence electrons. The molecule has 0 saturated heterocycles. The van der Waals surface area contributed by atoms with E-state index >= 15 is 0 Å². The van der Waals surface area contributed by atoms with Crippen molar-refractivity contribution in [2.24, 2.45) is 0 Å². The van der Waals surface area contributed by atoms with Gasteiger partial charge in [0.1, 0.15) is 0 Å². The van der Waals surface area contributed by atoms with Crippen LogP contribution in [0.3, 0.4) is 0 Å². The van der Waals surface area contributed by atoms with Crippen molar-refractivity contribution in [3.8, 4) is 0 Å². The van der Waals surface area contributed by atoms with Crippen LogP contribution in [0, 0.1) is 0 Å². The standard InChI is InChI=1S/C13H18N2O3S/c16-12(15-18-11-3-1-2-4-11)5-7-14-13(17)10-6-8-19-9-10/h6,8-9,11H,1-5,7H2,(H,14,17)(H,15,16). The lowest BCUT2D eigenvalue weighted by atomic mass is 10.3. The molecular formula is C13H18N2O3S. The van der Waals surface area contributed by atoms with Crippen LogP contribution in [-0.2, 0) is 9.63 Å². The Bertz CT molecular complexity index is 414. The van der Waals surface area contributed by atoms with Crippen LogP contribution in [0.15, 0.2) is 16.8 Å². The molecule has 1 aliphatic rings. The van der Waals surface area contributed by atoms with E-state index in [2.05, 4.69) is 10.8 Å². The lowest BCUT2D eigenvalue weighted by Crippen LogP contribution is -2.32. The fraction of sp³-hybridized carbons (Fsp3) is 0.538. The van der Waals surface area contributed by atoms with E-state index in [0.717, 1.165) is 25.7 Å². The second-order valence-electron chi connectivity index (χ2n) is 4.57. The largest absolute Gasteiger partial charge is 0.351 e. The minimum absolute atomic E-state index is 0.147. The normalized spacial score (nSPS) is 15.4. The second kappa shape index (κ2) is 7.25. The van der Waals surface area contributed by atoms with Crippen molar-refractivity contribution in [3.05, 3.63) is 22.4 Å². The van der Waals surface area contributed by atoms with Crippen LogP contribution in [0.5, 0.6) is 0 Å². The molecule has 1 aromatic heterocycles. The highest BCUT2D eigenvalue weighted by Crippen LogP contribution is 2.19. The van der Waals surface area contributed by atoms with E-state index in [1.54, 1.807) is 11.4 Å². The Morgan fingerprint density at radius 1 is 1.37 bits per heavy atom. The zero-order valence-corrected chi connectivity index (χ0v) is 11.5. The van der Waals surface area contributed by atoms with Gasteiger partial charge in [-0.15, -0.1) is 0 Å². The van der Waals surface area contributed by atoms with Gasteiger partial charge in [-0.3, -0.25) is 14.4 Å². The molecule has 2 amide bonds. The van der Waals surface area contributed by atoms with Crippen molar-refractivity contribution in [1.29, 1.82) is 0 Å². The van der Waals surface area contributed by atoms with Gasteiger partial charge in [-0.2, -0.15) is 11.3 Å². The molecule has 1 fully saturated rings. The summed E-state index contributed by atoms with van der Waals surface area (Å²) in [6.07, 6.45) is 4.73. The minimum atomic E-state index is -0.197. The highest BCUT2D eigenvalue weighted by atomic mass is 32.1. The third kappa shape index (κ3) is 4.65. The van der Waals surface area contributed by atoms with Crippen LogP contribution in [0.2, 0.25) is 0 Å². The first-order chi connectivity index (χ1) is 9.25. The molecule has 6 heteroatoms. The number of carbonyl (C=O) groups excluding carboxylic acids is 2. The molecule has 0 aromatic carbocycles. The van der Waals surface area contributed by atoms with Crippen LogP contribution in [-0.4, -0.2) is 24.5 Å². The molecule has 0 radical (unpaired) electrons. The Labute approximate surface area is 116 Å². The third-order valence-corrected chi connectivity index (χ3v) is 3.75. The minimum Gasteiger partial charge on any atom is -0.351 e. The molecule has 2 rings (SSSR count). The van der Waals surface area contributed by atoms with E-state index in [0.29, 0.717) is 12.1 Å².